The molecule has 6 heteroatoms. The van der Waals surface area contributed by atoms with Crippen LogP contribution in [0.3, 0.4) is 0 Å². The molecule has 0 aliphatic carbocycles. The lowest BCUT2D eigenvalue weighted by molar-refractivity contribution is 0.0996. The molecule has 1 N–H and O–H groups in total. The van der Waals surface area contributed by atoms with E-state index < -0.39 is 0 Å². The van der Waals surface area contributed by atoms with Crippen LogP contribution in [-0.2, 0) is 6.42 Å². The highest BCUT2D eigenvalue weighted by molar-refractivity contribution is 7.17. The third-order valence-electron chi connectivity index (χ3n) is 3.08. The highest BCUT2D eigenvalue weighted by Gasteiger charge is 2.14. The minimum atomic E-state index is -0.296. The van der Waals surface area contributed by atoms with E-state index in [-0.39, 0.29) is 11.7 Å². The van der Waals surface area contributed by atoms with Gasteiger partial charge in [-0.1, -0.05) is 13.3 Å². The van der Waals surface area contributed by atoms with Gasteiger partial charge in [0.1, 0.15) is 5.82 Å². The first-order chi connectivity index (χ1) is 10.3. The lowest BCUT2D eigenvalue weighted by atomic mass is 10.2. The largest absolute Gasteiger partial charge is 0.459 e. The van der Waals surface area contributed by atoms with Gasteiger partial charge in [-0.2, -0.15) is 0 Å². The van der Waals surface area contributed by atoms with E-state index in [0.29, 0.717) is 5.82 Å². The summed E-state index contributed by atoms with van der Waals surface area (Å²) in [7, 11) is 0. The van der Waals surface area contributed by atoms with Crippen LogP contribution in [0.4, 0.5) is 5.82 Å². The highest BCUT2D eigenvalue weighted by atomic mass is 32.1. The maximum absolute atomic E-state index is 12.1. The second kappa shape index (κ2) is 6.05. The zero-order chi connectivity index (χ0) is 14.7. The van der Waals surface area contributed by atoms with Gasteiger partial charge in [0.25, 0.3) is 5.91 Å². The lowest BCUT2D eigenvalue weighted by Crippen LogP contribution is -2.13. The number of carbonyl (C=O) groups is 1. The molecule has 3 heterocycles. The Morgan fingerprint density at radius 1 is 1.38 bits per heavy atom. The van der Waals surface area contributed by atoms with Crippen LogP contribution in [0.25, 0.3) is 10.2 Å². The van der Waals surface area contributed by atoms with Gasteiger partial charge in [-0.05, 0) is 30.0 Å². The monoisotopic (exact) mass is 301 g/mol. The quantitative estimate of drug-likeness (QED) is 0.776. The van der Waals surface area contributed by atoms with Crippen molar-refractivity contribution in [3.05, 3.63) is 41.4 Å². The van der Waals surface area contributed by atoms with E-state index in [1.54, 1.807) is 12.1 Å². The number of hydrogen-bond acceptors (Lipinski definition) is 5. The number of unbranched alkanes of at least 4 members (excludes halogenated alkanes) is 1. The number of nitrogens with one attached hydrogen (secondary N) is 1. The molecular weight excluding hydrogens is 286 g/mol. The Kier molecular flexibility index (Phi) is 3.96. The van der Waals surface area contributed by atoms with Gasteiger partial charge in [-0.15, -0.1) is 11.3 Å². The summed E-state index contributed by atoms with van der Waals surface area (Å²) in [4.78, 5) is 21.1. The molecule has 0 radical (unpaired) electrons. The maximum atomic E-state index is 12.1. The Labute approximate surface area is 126 Å². The van der Waals surface area contributed by atoms with Gasteiger partial charge in [-0.3, -0.25) is 4.79 Å². The van der Waals surface area contributed by atoms with Crippen molar-refractivity contribution in [2.75, 3.05) is 5.32 Å². The Balaban J connectivity index is 1.92. The van der Waals surface area contributed by atoms with E-state index in [4.69, 9.17) is 4.42 Å². The first-order valence-corrected chi connectivity index (χ1v) is 7.75. The van der Waals surface area contributed by atoms with Gasteiger partial charge in [-0.25, -0.2) is 9.97 Å². The number of fused-ring (bicyclic) bond motifs is 1. The summed E-state index contributed by atoms with van der Waals surface area (Å²) >= 11 is 1.52. The van der Waals surface area contributed by atoms with Crippen molar-refractivity contribution in [3.8, 4) is 0 Å². The molecule has 3 aromatic rings. The molecule has 0 aliphatic rings. The minimum absolute atomic E-state index is 0.272. The molecule has 0 bridgehead atoms. The summed E-state index contributed by atoms with van der Waals surface area (Å²) in [5.74, 6) is 1.29. The molecule has 0 aliphatic heterocycles. The fraction of sp³-hybridized carbons (Fsp3) is 0.267. The molecule has 0 aromatic carbocycles. The molecule has 5 nitrogen and oxygen atoms in total. The first-order valence-electron chi connectivity index (χ1n) is 6.87. The van der Waals surface area contributed by atoms with Crippen LogP contribution >= 0.6 is 11.3 Å². The third-order valence-corrected chi connectivity index (χ3v) is 3.99. The summed E-state index contributed by atoms with van der Waals surface area (Å²) < 4.78 is 5.99. The van der Waals surface area contributed by atoms with Crippen LogP contribution in [0.5, 0.6) is 0 Å². The molecule has 0 saturated heterocycles. The van der Waals surface area contributed by atoms with Crippen molar-refractivity contribution < 1.29 is 9.21 Å². The van der Waals surface area contributed by atoms with Crippen LogP contribution in [0.15, 0.2) is 34.3 Å². The predicted octanol–water partition coefficient (Wildman–Crippen LogP) is 3.88. The molecule has 108 valence electrons. The van der Waals surface area contributed by atoms with E-state index in [1.807, 2.05) is 11.4 Å². The first kappa shape index (κ1) is 13.8. The summed E-state index contributed by atoms with van der Waals surface area (Å²) in [5, 5.41) is 4.77. The van der Waals surface area contributed by atoms with Gasteiger partial charge in [0, 0.05) is 6.42 Å². The molecule has 0 spiro atoms. The normalized spacial score (nSPS) is 10.9. The Bertz CT molecular complexity index is 749. The zero-order valence-electron chi connectivity index (χ0n) is 11.6. The third kappa shape index (κ3) is 2.95. The van der Waals surface area contributed by atoms with E-state index in [0.717, 1.165) is 35.3 Å². The summed E-state index contributed by atoms with van der Waals surface area (Å²) in [6.45, 7) is 2.13. The Morgan fingerprint density at radius 3 is 3.05 bits per heavy atom. The number of aryl methyl sites for hydroxylation is 1. The molecule has 0 unspecified atom stereocenters. The van der Waals surface area contributed by atoms with E-state index in [2.05, 4.69) is 22.2 Å². The van der Waals surface area contributed by atoms with Gasteiger partial charge in [0.15, 0.2) is 11.6 Å². The number of carbonyl (C=O) groups excluding carboxylic acids is 1. The zero-order valence-corrected chi connectivity index (χ0v) is 12.4. The van der Waals surface area contributed by atoms with Crippen molar-refractivity contribution in [3.63, 3.8) is 0 Å². The van der Waals surface area contributed by atoms with Gasteiger partial charge >= 0.3 is 0 Å². The number of thiophene rings is 1. The fourth-order valence-corrected chi connectivity index (χ4v) is 2.80. The van der Waals surface area contributed by atoms with Gasteiger partial charge in [0.2, 0.25) is 0 Å². The number of amides is 1. The van der Waals surface area contributed by atoms with E-state index in [9.17, 15) is 4.79 Å². The molecule has 3 rings (SSSR count). The number of hydrogen-bond donors (Lipinski definition) is 1. The number of nitrogens with zero attached hydrogens (tertiary/aromatic N) is 2. The molecule has 0 atom stereocenters. The van der Waals surface area contributed by atoms with E-state index >= 15 is 0 Å². The summed E-state index contributed by atoms with van der Waals surface area (Å²) in [6, 6.07) is 5.25. The molecule has 21 heavy (non-hydrogen) atoms. The van der Waals surface area contributed by atoms with Crippen molar-refractivity contribution in [1.29, 1.82) is 0 Å². The number of furan rings is 1. The number of aromatic nitrogens is 2. The van der Waals surface area contributed by atoms with Crippen LogP contribution in [0.1, 0.15) is 36.1 Å². The van der Waals surface area contributed by atoms with Gasteiger partial charge < -0.3 is 9.73 Å². The molecule has 3 aromatic heterocycles. The molecule has 0 saturated carbocycles. The summed E-state index contributed by atoms with van der Waals surface area (Å²) in [6.07, 6.45) is 4.40. The Morgan fingerprint density at radius 2 is 2.29 bits per heavy atom. The van der Waals surface area contributed by atoms with Crippen LogP contribution in [0, 0.1) is 0 Å². The predicted molar refractivity (Wildman–Crippen MR) is 82.7 cm³/mol. The Hall–Kier alpha value is -2.21. The van der Waals surface area contributed by atoms with Crippen molar-refractivity contribution in [2.45, 2.75) is 26.2 Å². The smallest absolute Gasteiger partial charge is 0.292 e. The molecule has 0 fully saturated rings. The second-order valence-corrected chi connectivity index (χ2v) is 5.57. The van der Waals surface area contributed by atoms with Crippen LogP contribution < -0.4 is 5.32 Å². The van der Waals surface area contributed by atoms with Crippen LogP contribution in [0.2, 0.25) is 0 Å². The maximum Gasteiger partial charge on any atom is 0.292 e. The van der Waals surface area contributed by atoms with E-state index in [1.165, 1.54) is 17.6 Å². The average Bonchev–Trinajstić information content (AvgIpc) is 3.15. The molecular formula is C15H15N3O2S. The second-order valence-electron chi connectivity index (χ2n) is 4.66. The SMILES string of the molecule is CCCCc1nc(NC(=O)c2ccco2)c2sccc2n1. The minimum Gasteiger partial charge on any atom is -0.459 e. The van der Waals surface area contributed by atoms with Crippen molar-refractivity contribution in [1.82, 2.24) is 9.97 Å². The number of rotatable bonds is 5. The highest BCUT2D eigenvalue weighted by Crippen LogP contribution is 2.26. The topological polar surface area (TPSA) is 68.0 Å². The van der Waals surface area contributed by atoms with Crippen LogP contribution in [-0.4, -0.2) is 15.9 Å². The fourth-order valence-electron chi connectivity index (χ4n) is 2.02. The van der Waals surface area contributed by atoms with Crippen molar-refractivity contribution in [2.24, 2.45) is 0 Å². The van der Waals surface area contributed by atoms with Gasteiger partial charge in [0.05, 0.1) is 16.5 Å². The lowest BCUT2D eigenvalue weighted by Gasteiger charge is -2.06. The van der Waals surface area contributed by atoms with Crippen molar-refractivity contribution >= 4 is 33.3 Å². The number of anilines is 1. The standard InChI is InChI=1S/C15H15N3O2S/c1-2-3-6-12-16-10-7-9-21-13(10)14(17-12)18-15(19)11-5-4-8-20-11/h4-5,7-9H,2-3,6H2,1H3,(H,16,17,18,19). The average molecular weight is 301 g/mol. The molecule has 1 amide bonds. The summed E-state index contributed by atoms with van der Waals surface area (Å²) in [5.41, 5.74) is 0.871.